The molecule has 18 heavy (non-hydrogen) atoms. The van der Waals surface area contributed by atoms with E-state index in [0.29, 0.717) is 0 Å². The van der Waals surface area contributed by atoms with E-state index in [2.05, 4.69) is 32.1 Å². The molecular weight excluding hydrogens is 220 g/mol. The normalized spacial score (nSPS) is 20.4. The van der Waals surface area contributed by atoms with E-state index >= 15 is 0 Å². The van der Waals surface area contributed by atoms with Gasteiger partial charge in [0.1, 0.15) is 0 Å². The fourth-order valence-electron chi connectivity index (χ4n) is 2.49. The van der Waals surface area contributed by atoms with Crippen LogP contribution in [-0.2, 0) is 6.42 Å². The molecule has 0 aromatic heterocycles. The monoisotopic (exact) mass is 236 g/mol. The number of rotatable bonds is 0. The molecule has 0 N–H and O–H groups in total. The molecule has 0 amide bonds. The number of carbonyl (C=O) groups is 1. The average Bonchev–Trinajstić information content (AvgIpc) is 2.50. The van der Waals surface area contributed by atoms with Gasteiger partial charge in [-0.15, -0.1) is 0 Å². The minimum absolute atomic E-state index is 0.0177. The molecule has 0 atom stereocenters. The van der Waals surface area contributed by atoms with E-state index in [-0.39, 0.29) is 11.2 Å². The quantitative estimate of drug-likeness (QED) is 0.668. The zero-order valence-electron chi connectivity index (χ0n) is 10.7. The molecule has 2 aliphatic rings. The van der Waals surface area contributed by atoms with Crippen LogP contribution in [0.3, 0.4) is 0 Å². The van der Waals surface area contributed by atoms with Crippen LogP contribution in [0.5, 0.6) is 0 Å². The molecule has 0 radical (unpaired) electrons. The summed E-state index contributed by atoms with van der Waals surface area (Å²) in [4.78, 5) is 12.5. The van der Waals surface area contributed by atoms with Crippen LogP contribution in [0, 0.1) is 5.41 Å². The Bertz CT molecular complexity index is 612. The van der Waals surface area contributed by atoms with Crippen molar-refractivity contribution in [2.24, 2.45) is 5.41 Å². The van der Waals surface area contributed by atoms with Crippen molar-refractivity contribution in [3.05, 3.63) is 70.8 Å². The highest BCUT2D eigenvalue weighted by molar-refractivity contribution is 6.13. The third kappa shape index (κ3) is 1.76. The maximum Gasteiger partial charge on any atom is 0.193 e. The van der Waals surface area contributed by atoms with Crippen molar-refractivity contribution in [1.82, 2.24) is 0 Å². The summed E-state index contributed by atoms with van der Waals surface area (Å²) in [5.41, 5.74) is 4.01. The minimum atomic E-state index is 0.0177. The van der Waals surface area contributed by atoms with Gasteiger partial charge in [0.05, 0.1) is 0 Å². The molecule has 0 heterocycles. The van der Waals surface area contributed by atoms with Crippen molar-refractivity contribution in [1.29, 1.82) is 0 Å². The first-order valence-corrected chi connectivity index (χ1v) is 6.31. The smallest absolute Gasteiger partial charge is 0.193 e. The van der Waals surface area contributed by atoms with Crippen LogP contribution in [0.25, 0.3) is 0 Å². The van der Waals surface area contributed by atoms with Crippen molar-refractivity contribution in [2.45, 2.75) is 20.3 Å². The Morgan fingerprint density at radius 1 is 1.06 bits per heavy atom. The van der Waals surface area contributed by atoms with Crippen LogP contribution in [0.4, 0.5) is 0 Å². The molecule has 0 saturated heterocycles. The molecule has 2 aliphatic carbocycles. The molecule has 0 fully saturated rings. The first-order valence-electron chi connectivity index (χ1n) is 6.31. The summed E-state index contributed by atoms with van der Waals surface area (Å²) in [5.74, 6) is 0.158. The van der Waals surface area contributed by atoms with Gasteiger partial charge >= 0.3 is 0 Å². The number of Topliss-reactive ketones (excluding diaryl/α,β-unsaturated/α-hetero) is 1. The molecule has 3 rings (SSSR count). The summed E-state index contributed by atoms with van der Waals surface area (Å²) in [7, 11) is 0. The fraction of sp³-hybridized carbons (Fsp3) is 0.235. The van der Waals surface area contributed by atoms with E-state index in [1.54, 1.807) is 0 Å². The van der Waals surface area contributed by atoms with Crippen LogP contribution < -0.4 is 0 Å². The Hall–Kier alpha value is -1.89. The second-order valence-corrected chi connectivity index (χ2v) is 5.59. The van der Waals surface area contributed by atoms with Gasteiger partial charge in [-0.05, 0) is 17.6 Å². The van der Waals surface area contributed by atoms with Crippen molar-refractivity contribution in [3.8, 4) is 0 Å². The first kappa shape index (κ1) is 11.2. The Morgan fingerprint density at radius 3 is 2.61 bits per heavy atom. The number of hydrogen-bond donors (Lipinski definition) is 0. The second kappa shape index (κ2) is 3.81. The van der Waals surface area contributed by atoms with Crippen LogP contribution in [-0.4, -0.2) is 5.78 Å². The van der Waals surface area contributed by atoms with E-state index in [1.807, 2.05) is 30.3 Å². The van der Waals surface area contributed by atoms with E-state index in [4.69, 9.17) is 0 Å². The van der Waals surface area contributed by atoms with Gasteiger partial charge in [-0.2, -0.15) is 0 Å². The van der Waals surface area contributed by atoms with Gasteiger partial charge in [-0.25, -0.2) is 0 Å². The molecular formula is C17H16O. The Morgan fingerprint density at radius 2 is 1.78 bits per heavy atom. The lowest BCUT2D eigenvalue weighted by atomic mass is 9.85. The van der Waals surface area contributed by atoms with Crippen LogP contribution in [0.15, 0.2) is 59.7 Å². The topological polar surface area (TPSA) is 17.1 Å². The molecule has 1 heteroatoms. The molecule has 1 aromatic rings. The summed E-state index contributed by atoms with van der Waals surface area (Å²) in [5, 5.41) is 0. The van der Waals surface area contributed by atoms with E-state index in [9.17, 15) is 4.79 Å². The van der Waals surface area contributed by atoms with Gasteiger partial charge in [0.2, 0.25) is 0 Å². The minimum Gasteiger partial charge on any atom is -0.289 e. The van der Waals surface area contributed by atoms with Gasteiger partial charge in [0.15, 0.2) is 5.78 Å². The lowest BCUT2D eigenvalue weighted by Gasteiger charge is -2.17. The lowest BCUT2D eigenvalue weighted by molar-refractivity contribution is 0.103. The molecule has 1 nitrogen and oxygen atoms in total. The highest BCUT2D eigenvalue weighted by Crippen LogP contribution is 2.32. The summed E-state index contributed by atoms with van der Waals surface area (Å²) in [6.45, 7) is 4.30. The SMILES string of the molecule is CC1(C)C=CC2=C(C=C1)C(=O)c1ccccc1C2. The van der Waals surface area contributed by atoms with Gasteiger partial charge in [-0.3, -0.25) is 4.79 Å². The molecule has 0 spiro atoms. The van der Waals surface area contributed by atoms with Crippen LogP contribution >= 0.6 is 0 Å². The number of fused-ring (bicyclic) bond motifs is 1. The molecule has 1 aromatic carbocycles. The molecule has 0 aliphatic heterocycles. The van der Waals surface area contributed by atoms with Gasteiger partial charge in [0, 0.05) is 16.6 Å². The Labute approximate surface area is 108 Å². The van der Waals surface area contributed by atoms with Crippen molar-refractivity contribution in [3.63, 3.8) is 0 Å². The highest BCUT2D eigenvalue weighted by atomic mass is 16.1. The number of ketones is 1. The summed E-state index contributed by atoms with van der Waals surface area (Å²) in [6, 6.07) is 7.90. The maximum atomic E-state index is 12.5. The average molecular weight is 236 g/mol. The number of carbonyl (C=O) groups excluding carboxylic acids is 1. The molecule has 90 valence electrons. The number of benzene rings is 1. The van der Waals surface area contributed by atoms with Crippen molar-refractivity contribution in [2.75, 3.05) is 0 Å². The Balaban J connectivity index is 2.13. The third-order valence-electron chi connectivity index (χ3n) is 3.63. The molecule has 0 unspecified atom stereocenters. The van der Waals surface area contributed by atoms with Crippen molar-refractivity contribution < 1.29 is 4.79 Å². The zero-order valence-corrected chi connectivity index (χ0v) is 10.7. The van der Waals surface area contributed by atoms with Gasteiger partial charge in [-0.1, -0.05) is 62.4 Å². The van der Waals surface area contributed by atoms with E-state index in [1.165, 1.54) is 0 Å². The fourth-order valence-corrected chi connectivity index (χ4v) is 2.49. The van der Waals surface area contributed by atoms with E-state index in [0.717, 1.165) is 28.7 Å². The molecule has 0 bridgehead atoms. The number of allylic oxidation sites excluding steroid dienone is 6. The van der Waals surface area contributed by atoms with Gasteiger partial charge in [0.25, 0.3) is 0 Å². The standard InChI is InChI=1S/C17H16O/c1-17(2)9-7-13-11-12-5-3-4-6-14(12)16(18)15(13)8-10-17/h3-10H,11H2,1-2H3. The van der Waals surface area contributed by atoms with Gasteiger partial charge < -0.3 is 0 Å². The van der Waals surface area contributed by atoms with E-state index < -0.39 is 0 Å². The summed E-state index contributed by atoms with van der Waals surface area (Å²) < 4.78 is 0. The summed E-state index contributed by atoms with van der Waals surface area (Å²) in [6.07, 6.45) is 9.25. The van der Waals surface area contributed by atoms with Crippen molar-refractivity contribution >= 4 is 5.78 Å². The Kier molecular flexibility index (Phi) is 2.37. The second-order valence-electron chi connectivity index (χ2n) is 5.59. The maximum absolute atomic E-state index is 12.5. The predicted molar refractivity (Wildman–Crippen MR) is 73.6 cm³/mol. The predicted octanol–water partition coefficient (Wildman–Crippen LogP) is 3.87. The highest BCUT2D eigenvalue weighted by Gasteiger charge is 2.25. The van der Waals surface area contributed by atoms with Crippen LogP contribution in [0.2, 0.25) is 0 Å². The largest absolute Gasteiger partial charge is 0.289 e. The zero-order chi connectivity index (χ0) is 12.8. The lowest BCUT2D eigenvalue weighted by Crippen LogP contribution is -2.14. The third-order valence-corrected chi connectivity index (χ3v) is 3.63. The van der Waals surface area contributed by atoms with Crippen LogP contribution in [0.1, 0.15) is 29.8 Å². The summed E-state index contributed by atoms with van der Waals surface area (Å²) >= 11 is 0. The first-order chi connectivity index (χ1) is 8.57. The number of hydrogen-bond acceptors (Lipinski definition) is 1. The molecule has 0 saturated carbocycles.